The lowest BCUT2D eigenvalue weighted by Gasteiger charge is -2.06. The van der Waals surface area contributed by atoms with Crippen molar-refractivity contribution in [1.29, 1.82) is 0 Å². The van der Waals surface area contributed by atoms with Gasteiger partial charge in [-0.15, -0.1) is 0 Å². The summed E-state index contributed by atoms with van der Waals surface area (Å²) in [5, 5.41) is 3.98. The zero-order chi connectivity index (χ0) is 11.9. The molecule has 1 aromatic carbocycles. The summed E-state index contributed by atoms with van der Waals surface area (Å²) in [5.74, 6) is 0.504. The summed E-state index contributed by atoms with van der Waals surface area (Å²) >= 11 is 0. The molecule has 1 aliphatic carbocycles. The van der Waals surface area contributed by atoms with Gasteiger partial charge in [-0.3, -0.25) is 0 Å². The van der Waals surface area contributed by atoms with Crippen LogP contribution in [0.1, 0.15) is 19.3 Å². The van der Waals surface area contributed by atoms with Gasteiger partial charge in [-0.05, 0) is 37.5 Å². The van der Waals surface area contributed by atoms with Crippen LogP contribution in [0.2, 0.25) is 0 Å². The van der Waals surface area contributed by atoms with Gasteiger partial charge in [-0.25, -0.2) is 10.2 Å². The number of carbonyl (C=O) groups excluding carboxylic acids is 1. The number of benzene rings is 1. The van der Waals surface area contributed by atoms with Crippen molar-refractivity contribution in [3.63, 3.8) is 0 Å². The van der Waals surface area contributed by atoms with Crippen molar-refractivity contribution in [3.8, 4) is 5.75 Å². The van der Waals surface area contributed by atoms with Crippen molar-refractivity contribution in [2.24, 2.45) is 5.10 Å². The maximum absolute atomic E-state index is 11.4. The SMILES string of the molecule is O=C(NN=C1C=CCCC1)Oc1ccccc1. The van der Waals surface area contributed by atoms with Gasteiger partial charge in [0.1, 0.15) is 5.75 Å². The summed E-state index contributed by atoms with van der Waals surface area (Å²) in [5.41, 5.74) is 3.25. The first-order valence-electron chi connectivity index (χ1n) is 5.60. The van der Waals surface area contributed by atoms with E-state index in [4.69, 9.17) is 4.74 Å². The molecule has 1 aliphatic rings. The fraction of sp³-hybridized carbons (Fsp3) is 0.231. The molecule has 0 unspecified atom stereocenters. The maximum Gasteiger partial charge on any atom is 0.433 e. The van der Waals surface area contributed by atoms with Gasteiger partial charge in [0, 0.05) is 0 Å². The first-order chi connectivity index (χ1) is 8.34. The van der Waals surface area contributed by atoms with Gasteiger partial charge >= 0.3 is 6.09 Å². The minimum absolute atomic E-state index is 0.504. The quantitative estimate of drug-likeness (QED) is 0.794. The monoisotopic (exact) mass is 230 g/mol. The predicted octanol–water partition coefficient (Wildman–Crippen LogP) is 2.87. The number of nitrogens with one attached hydrogen (secondary N) is 1. The second-order valence-electron chi connectivity index (χ2n) is 3.71. The van der Waals surface area contributed by atoms with E-state index in [0.29, 0.717) is 5.75 Å². The van der Waals surface area contributed by atoms with E-state index >= 15 is 0 Å². The van der Waals surface area contributed by atoms with Crippen molar-refractivity contribution in [1.82, 2.24) is 5.43 Å². The van der Waals surface area contributed by atoms with Crippen molar-refractivity contribution < 1.29 is 9.53 Å². The number of allylic oxidation sites excluding steroid dienone is 2. The summed E-state index contributed by atoms with van der Waals surface area (Å²) in [4.78, 5) is 11.4. The van der Waals surface area contributed by atoms with Gasteiger partial charge in [0.2, 0.25) is 0 Å². The Kier molecular flexibility index (Phi) is 3.91. The second kappa shape index (κ2) is 5.84. The molecule has 1 aromatic rings. The molecule has 0 saturated heterocycles. The zero-order valence-electron chi connectivity index (χ0n) is 9.43. The van der Waals surface area contributed by atoms with E-state index in [2.05, 4.69) is 10.5 Å². The largest absolute Gasteiger partial charge is 0.433 e. The van der Waals surface area contributed by atoms with Crippen molar-refractivity contribution in [2.75, 3.05) is 0 Å². The predicted molar refractivity (Wildman–Crippen MR) is 66.0 cm³/mol. The molecule has 0 saturated carbocycles. The van der Waals surface area contributed by atoms with Crippen molar-refractivity contribution >= 4 is 11.8 Å². The molecule has 2 rings (SSSR count). The smallest absolute Gasteiger partial charge is 0.409 e. The van der Waals surface area contributed by atoms with Gasteiger partial charge in [0.05, 0.1) is 5.71 Å². The van der Waals surface area contributed by atoms with E-state index in [1.165, 1.54) is 0 Å². The van der Waals surface area contributed by atoms with Gasteiger partial charge in [-0.2, -0.15) is 5.10 Å². The van der Waals surface area contributed by atoms with Crippen molar-refractivity contribution in [3.05, 3.63) is 42.5 Å². The highest BCUT2D eigenvalue weighted by Gasteiger charge is 2.04. The van der Waals surface area contributed by atoms with Gasteiger partial charge in [-0.1, -0.05) is 24.3 Å². The molecule has 1 N–H and O–H groups in total. The number of hydrazone groups is 1. The van der Waals surface area contributed by atoms with Gasteiger partial charge in [0.15, 0.2) is 0 Å². The number of para-hydroxylation sites is 1. The molecule has 88 valence electrons. The van der Waals surface area contributed by atoms with Crippen LogP contribution < -0.4 is 10.2 Å². The van der Waals surface area contributed by atoms with E-state index in [-0.39, 0.29) is 0 Å². The Balaban J connectivity index is 1.85. The van der Waals surface area contributed by atoms with E-state index in [1.54, 1.807) is 24.3 Å². The number of carbonyl (C=O) groups is 1. The van der Waals surface area contributed by atoms with E-state index in [0.717, 1.165) is 25.0 Å². The standard InChI is InChI=1S/C13H14N2O2/c16-13(17-12-9-5-2-6-10-12)15-14-11-7-3-1-4-8-11/h2-3,5-7,9-10H,1,4,8H2,(H,15,16). The fourth-order valence-corrected chi connectivity index (χ4v) is 1.53. The van der Waals surface area contributed by atoms with Crippen LogP contribution >= 0.6 is 0 Å². The average molecular weight is 230 g/mol. The molecule has 4 nitrogen and oxygen atoms in total. The number of nitrogens with zero attached hydrogens (tertiary/aromatic N) is 1. The Morgan fingerprint density at radius 1 is 1.29 bits per heavy atom. The highest BCUT2D eigenvalue weighted by Crippen LogP contribution is 2.09. The first kappa shape index (κ1) is 11.4. The van der Waals surface area contributed by atoms with Gasteiger partial charge in [0.25, 0.3) is 0 Å². The zero-order valence-corrected chi connectivity index (χ0v) is 9.43. The Bertz CT molecular complexity index is 438. The molecule has 0 aliphatic heterocycles. The maximum atomic E-state index is 11.4. The van der Waals surface area contributed by atoms with E-state index in [9.17, 15) is 4.79 Å². The molecule has 0 atom stereocenters. The lowest BCUT2D eigenvalue weighted by molar-refractivity contribution is 0.201. The molecule has 0 radical (unpaired) electrons. The molecule has 0 aromatic heterocycles. The number of rotatable bonds is 2. The minimum atomic E-state index is -0.567. The number of hydrogen-bond donors (Lipinski definition) is 1. The fourth-order valence-electron chi connectivity index (χ4n) is 1.53. The Morgan fingerprint density at radius 3 is 2.82 bits per heavy atom. The number of ether oxygens (including phenoxy) is 1. The van der Waals surface area contributed by atoms with Crippen LogP contribution in [0.15, 0.2) is 47.6 Å². The molecule has 17 heavy (non-hydrogen) atoms. The normalized spacial score (nSPS) is 16.8. The molecular weight excluding hydrogens is 216 g/mol. The van der Waals surface area contributed by atoms with Crippen LogP contribution in [0.3, 0.4) is 0 Å². The number of hydrogen-bond acceptors (Lipinski definition) is 3. The van der Waals surface area contributed by atoms with Crippen molar-refractivity contribution in [2.45, 2.75) is 19.3 Å². The van der Waals surface area contributed by atoms with Crippen LogP contribution in [0.4, 0.5) is 4.79 Å². The molecule has 0 fully saturated rings. The Labute approximate surface area is 100.0 Å². The first-order valence-corrected chi connectivity index (χ1v) is 5.60. The number of amides is 1. The van der Waals surface area contributed by atoms with Crippen LogP contribution in [0, 0.1) is 0 Å². The summed E-state index contributed by atoms with van der Waals surface area (Å²) in [6.45, 7) is 0. The molecule has 1 amide bonds. The molecular formula is C13H14N2O2. The average Bonchev–Trinajstić information content (AvgIpc) is 2.39. The summed E-state index contributed by atoms with van der Waals surface area (Å²) < 4.78 is 5.02. The summed E-state index contributed by atoms with van der Waals surface area (Å²) in [6, 6.07) is 8.90. The summed E-state index contributed by atoms with van der Waals surface area (Å²) in [7, 11) is 0. The van der Waals surface area contributed by atoms with Crippen LogP contribution in [0.5, 0.6) is 5.75 Å². The highest BCUT2D eigenvalue weighted by molar-refractivity contribution is 5.96. The third kappa shape index (κ3) is 3.75. The third-order valence-corrected chi connectivity index (χ3v) is 2.36. The highest BCUT2D eigenvalue weighted by atomic mass is 16.6. The van der Waals surface area contributed by atoms with E-state index in [1.807, 2.05) is 18.2 Å². The lowest BCUT2D eigenvalue weighted by Crippen LogP contribution is -2.23. The summed E-state index contributed by atoms with van der Waals surface area (Å²) in [6.07, 6.45) is 6.45. The molecule has 4 heteroatoms. The molecule has 0 heterocycles. The minimum Gasteiger partial charge on any atom is -0.409 e. The topological polar surface area (TPSA) is 50.7 Å². The second-order valence-corrected chi connectivity index (χ2v) is 3.71. The van der Waals surface area contributed by atoms with Gasteiger partial charge < -0.3 is 4.74 Å². The lowest BCUT2D eigenvalue weighted by atomic mass is 10.1. The van der Waals surface area contributed by atoms with Crippen LogP contribution in [-0.4, -0.2) is 11.8 Å². The Hall–Kier alpha value is -2.10. The Morgan fingerprint density at radius 2 is 2.12 bits per heavy atom. The van der Waals surface area contributed by atoms with E-state index < -0.39 is 6.09 Å². The third-order valence-electron chi connectivity index (χ3n) is 2.36. The molecule has 0 spiro atoms. The van der Waals surface area contributed by atoms with Crippen LogP contribution in [0.25, 0.3) is 0 Å². The van der Waals surface area contributed by atoms with Crippen LogP contribution in [-0.2, 0) is 0 Å². The molecule has 0 bridgehead atoms.